The second-order valence-corrected chi connectivity index (χ2v) is 4.83. The van der Waals surface area contributed by atoms with Crippen LogP contribution in [0.5, 0.6) is 5.75 Å². The molecule has 1 aromatic heterocycles. The fourth-order valence-electron chi connectivity index (χ4n) is 2.35. The van der Waals surface area contributed by atoms with E-state index in [1.54, 1.807) is 19.5 Å². The second-order valence-electron chi connectivity index (χ2n) is 4.83. The van der Waals surface area contributed by atoms with Gasteiger partial charge in [0, 0.05) is 41.1 Å². The van der Waals surface area contributed by atoms with Gasteiger partial charge >= 0.3 is 0 Å². The van der Waals surface area contributed by atoms with Gasteiger partial charge < -0.3 is 15.8 Å². The summed E-state index contributed by atoms with van der Waals surface area (Å²) in [5.74, 6) is 0.862. The number of pyridine rings is 1. The number of aromatic nitrogens is 1. The highest BCUT2D eigenvalue weighted by molar-refractivity contribution is 6.00. The molecule has 0 radical (unpaired) electrons. The molecule has 106 valence electrons. The molecule has 0 fully saturated rings. The lowest BCUT2D eigenvalue weighted by Gasteiger charge is -2.11. The fourth-order valence-corrected chi connectivity index (χ4v) is 2.35. The molecular weight excluding hydrogens is 262 g/mol. The summed E-state index contributed by atoms with van der Waals surface area (Å²) < 4.78 is 5.24. The predicted molar refractivity (Wildman–Crippen MR) is 86.5 cm³/mol. The van der Waals surface area contributed by atoms with Crippen molar-refractivity contribution >= 4 is 22.1 Å². The molecule has 3 aromatic rings. The van der Waals surface area contributed by atoms with E-state index in [4.69, 9.17) is 10.5 Å². The van der Waals surface area contributed by atoms with Gasteiger partial charge in [-0.25, -0.2) is 0 Å². The van der Waals surface area contributed by atoms with Crippen molar-refractivity contribution < 1.29 is 4.74 Å². The predicted octanol–water partition coefficient (Wildman–Crippen LogP) is 3.44. The minimum absolute atomic E-state index is 0.721. The Hall–Kier alpha value is -2.75. The van der Waals surface area contributed by atoms with E-state index in [-0.39, 0.29) is 0 Å². The summed E-state index contributed by atoms with van der Waals surface area (Å²) in [6.07, 6.45) is 3.57. The second kappa shape index (κ2) is 5.71. The van der Waals surface area contributed by atoms with Gasteiger partial charge in [-0.15, -0.1) is 0 Å². The molecule has 0 amide bonds. The largest absolute Gasteiger partial charge is 0.497 e. The van der Waals surface area contributed by atoms with E-state index in [0.29, 0.717) is 0 Å². The Kier molecular flexibility index (Phi) is 3.60. The molecule has 3 rings (SSSR count). The normalized spacial score (nSPS) is 10.5. The van der Waals surface area contributed by atoms with Crippen LogP contribution < -0.4 is 15.8 Å². The summed E-state index contributed by atoms with van der Waals surface area (Å²) in [5.41, 5.74) is 8.93. The fraction of sp³-hybridized carbons (Fsp3) is 0.118. The van der Waals surface area contributed by atoms with Gasteiger partial charge in [-0.2, -0.15) is 0 Å². The van der Waals surface area contributed by atoms with Crippen LogP contribution in [-0.2, 0) is 6.54 Å². The topological polar surface area (TPSA) is 60.2 Å². The number of nitrogen functional groups attached to an aromatic ring is 1. The Bertz CT molecular complexity index is 771. The van der Waals surface area contributed by atoms with Crippen molar-refractivity contribution in [1.82, 2.24) is 4.98 Å². The SMILES string of the molecule is COc1cccc(CNc2ccc(N)c3cnccc23)c1. The summed E-state index contributed by atoms with van der Waals surface area (Å²) >= 11 is 0. The number of anilines is 2. The third kappa shape index (κ3) is 2.74. The summed E-state index contributed by atoms with van der Waals surface area (Å²) in [6.45, 7) is 0.721. The first-order valence-electron chi connectivity index (χ1n) is 6.77. The number of fused-ring (bicyclic) bond motifs is 1. The summed E-state index contributed by atoms with van der Waals surface area (Å²) in [6, 6.07) is 13.9. The van der Waals surface area contributed by atoms with Crippen molar-refractivity contribution in [2.75, 3.05) is 18.2 Å². The summed E-state index contributed by atoms with van der Waals surface area (Å²) in [7, 11) is 1.67. The van der Waals surface area contributed by atoms with Crippen LogP contribution in [0.1, 0.15) is 5.56 Å². The Labute approximate surface area is 123 Å². The van der Waals surface area contributed by atoms with Crippen molar-refractivity contribution in [3.05, 3.63) is 60.4 Å². The lowest BCUT2D eigenvalue weighted by atomic mass is 10.1. The minimum atomic E-state index is 0.721. The molecule has 4 nitrogen and oxygen atoms in total. The Balaban J connectivity index is 1.87. The summed E-state index contributed by atoms with van der Waals surface area (Å²) in [4.78, 5) is 4.13. The van der Waals surface area contributed by atoms with Crippen molar-refractivity contribution in [2.24, 2.45) is 0 Å². The Morgan fingerprint density at radius 1 is 1.14 bits per heavy atom. The molecule has 0 spiro atoms. The van der Waals surface area contributed by atoms with Crippen LogP contribution >= 0.6 is 0 Å². The number of hydrogen-bond donors (Lipinski definition) is 2. The highest BCUT2D eigenvalue weighted by Gasteiger charge is 2.04. The number of nitrogens with one attached hydrogen (secondary N) is 1. The van der Waals surface area contributed by atoms with Gasteiger partial charge in [-0.1, -0.05) is 12.1 Å². The molecule has 0 aliphatic heterocycles. The molecule has 4 heteroatoms. The van der Waals surface area contributed by atoms with E-state index in [9.17, 15) is 0 Å². The first-order valence-corrected chi connectivity index (χ1v) is 6.77. The number of nitrogens with two attached hydrogens (primary N) is 1. The van der Waals surface area contributed by atoms with Gasteiger partial charge in [0.25, 0.3) is 0 Å². The van der Waals surface area contributed by atoms with E-state index in [1.807, 2.05) is 36.4 Å². The molecule has 3 N–H and O–H groups in total. The smallest absolute Gasteiger partial charge is 0.119 e. The monoisotopic (exact) mass is 279 g/mol. The van der Waals surface area contributed by atoms with Crippen molar-refractivity contribution in [1.29, 1.82) is 0 Å². The molecule has 0 aliphatic carbocycles. The van der Waals surface area contributed by atoms with Gasteiger partial charge in [0.15, 0.2) is 0 Å². The zero-order valence-electron chi connectivity index (χ0n) is 11.8. The molecule has 0 aliphatic rings. The molecule has 0 saturated heterocycles. The van der Waals surface area contributed by atoms with Gasteiger partial charge in [0.05, 0.1) is 7.11 Å². The zero-order valence-corrected chi connectivity index (χ0v) is 11.8. The van der Waals surface area contributed by atoms with Crippen LogP contribution in [0.4, 0.5) is 11.4 Å². The van der Waals surface area contributed by atoms with E-state index < -0.39 is 0 Å². The highest BCUT2D eigenvalue weighted by atomic mass is 16.5. The minimum Gasteiger partial charge on any atom is -0.497 e. The van der Waals surface area contributed by atoms with Gasteiger partial charge in [0.2, 0.25) is 0 Å². The first kappa shape index (κ1) is 13.2. The molecule has 0 unspecified atom stereocenters. The van der Waals surface area contributed by atoms with E-state index in [0.717, 1.165) is 40.0 Å². The first-order chi connectivity index (χ1) is 10.3. The number of ether oxygens (including phenoxy) is 1. The number of hydrogen-bond acceptors (Lipinski definition) is 4. The third-order valence-electron chi connectivity index (χ3n) is 3.47. The Morgan fingerprint density at radius 2 is 2.05 bits per heavy atom. The number of rotatable bonds is 4. The van der Waals surface area contributed by atoms with Crippen LogP contribution in [0, 0.1) is 0 Å². The molecule has 21 heavy (non-hydrogen) atoms. The van der Waals surface area contributed by atoms with Crippen LogP contribution in [0.15, 0.2) is 54.9 Å². The van der Waals surface area contributed by atoms with E-state index in [2.05, 4.69) is 16.4 Å². The molecule has 0 bridgehead atoms. The van der Waals surface area contributed by atoms with Crippen molar-refractivity contribution in [2.45, 2.75) is 6.54 Å². The quantitative estimate of drug-likeness (QED) is 0.718. The number of methoxy groups -OCH3 is 1. The third-order valence-corrected chi connectivity index (χ3v) is 3.47. The van der Waals surface area contributed by atoms with Crippen LogP contribution in [0.3, 0.4) is 0 Å². The maximum atomic E-state index is 5.99. The molecule has 0 saturated carbocycles. The van der Waals surface area contributed by atoms with E-state index >= 15 is 0 Å². The van der Waals surface area contributed by atoms with Crippen molar-refractivity contribution in [3.8, 4) is 5.75 Å². The number of nitrogens with zero attached hydrogens (tertiary/aromatic N) is 1. The van der Waals surface area contributed by atoms with E-state index in [1.165, 1.54) is 0 Å². The Morgan fingerprint density at radius 3 is 2.90 bits per heavy atom. The standard InChI is InChI=1S/C17H17N3O/c1-21-13-4-2-3-12(9-13)10-20-17-6-5-16(18)15-11-19-8-7-14(15)17/h2-9,11,20H,10,18H2,1H3. The highest BCUT2D eigenvalue weighted by Crippen LogP contribution is 2.27. The van der Waals surface area contributed by atoms with Gasteiger partial charge in [0.1, 0.15) is 5.75 Å². The zero-order chi connectivity index (χ0) is 14.7. The van der Waals surface area contributed by atoms with Crippen LogP contribution in [0.25, 0.3) is 10.8 Å². The van der Waals surface area contributed by atoms with Crippen molar-refractivity contribution in [3.63, 3.8) is 0 Å². The molecule has 1 heterocycles. The maximum Gasteiger partial charge on any atom is 0.119 e. The lowest BCUT2D eigenvalue weighted by molar-refractivity contribution is 0.414. The average Bonchev–Trinajstić information content (AvgIpc) is 2.55. The average molecular weight is 279 g/mol. The van der Waals surface area contributed by atoms with Gasteiger partial charge in [-0.3, -0.25) is 4.98 Å². The lowest BCUT2D eigenvalue weighted by Crippen LogP contribution is -2.01. The van der Waals surface area contributed by atoms with Crippen LogP contribution in [0.2, 0.25) is 0 Å². The number of benzene rings is 2. The molecule has 2 aromatic carbocycles. The van der Waals surface area contributed by atoms with Gasteiger partial charge in [-0.05, 0) is 35.9 Å². The summed E-state index contributed by atoms with van der Waals surface area (Å²) in [5, 5.41) is 5.49. The molecule has 0 atom stereocenters. The maximum absolute atomic E-state index is 5.99. The van der Waals surface area contributed by atoms with Crippen LogP contribution in [-0.4, -0.2) is 12.1 Å². The molecular formula is C17H17N3O.